The maximum atomic E-state index is 4.52. The number of aromatic nitrogens is 7. The van der Waals surface area contributed by atoms with Crippen molar-refractivity contribution in [2.45, 2.75) is 31.7 Å². The number of fused-ring (bicyclic) bond motifs is 1. The molecule has 0 amide bonds. The lowest BCUT2D eigenvalue weighted by molar-refractivity contribution is 0.824. The molecule has 0 aromatic carbocycles. The molecule has 27 heavy (non-hydrogen) atoms. The van der Waals surface area contributed by atoms with Gasteiger partial charge in [0, 0.05) is 23.9 Å². The first-order chi connectivity index (χ1) is 13.2. The Morgan fingerprint density at radius 3 is 2.96 bits per heavy atom. The fraction of sp³-hybridized carbons (Fsp3) is 0.278. The first-order valence-corrected chi connectivity index (χ1v) is 8.95. The lowest BCUT2D eigenvalue weighted by Gasteiger charge is -2.13. The van der Waals surface area contributed by atoms with Crippen LogP contribution in [0.3, 0.4) is 0 Å². The summed E-state index contributed by atoms with van der Waals surface area (Å²) in [6, 6.07) is 5.75. The summed E-state index contributed by atoms with van der Waals surface area (Å²) in [5, 5.41) is 13.9. The van der Waals surface area contributed by atoms with E-state index in [1.165, 1.54) is 18.5 Å². The SMILES string of the molecule is C[C@H](Nc1nccc(Nc2cc(C3CC3)[nH]n2)n1)c1cc2nc[nH]c2cn1. The van der Waals surface area contributed by atoms with Crippen LogP contribution in [0.25, 0.3) is 11.0 Å². The van der Waals surface area contributed by atoms with Crippen LogP contribution in [0.5, 0.6) is 0 Å². The molecule has 4 N–H and O–H groups in total. The highest BCUT2D eigenvalue weighted by Crippen LogP contribution is 2.39. The van der Waals surface area contributed by atoms with E-state index in [1.54, 1.807) is 18.7 Å². The van der Waals surface area contributed by atoms with Crippen molar-refractivity contribution in [3.63, 3.8) is 0 Å². The Morgan fingerprint density at radius 2 is 2.07 bits per heavy atom. The highest BCUT2D eigenvalue weighted by molar-refractivity contribution is 5.73. The summed E-state index contributed by atoms with van der Waals surface area (Å²) in [6.07, 6.45) is 7.63. The molecule has 0 bridgehead atoms. The normalized spacial score (nSPS) is 15.0. The lowest BCUT2D eigenvalue weighted by atomic mass is 10.2. The zero-order valence-electron chi connectivity index (χ0n) is 14.8. The molecule has 1 saturated carbocycles. The summed E-state index contributed by atoms with van der Waals surface area (Å²) >= 11 is 0. The fourth-order valence-electron chi connectivity index (χ4n) is 2.99. The summed E-state index contributed by atoms with van der Waals surface area (Å²) < 4.78 is 0. The van der Waals surface area contributed by atoms with Gasteiger partial charge in [-0.1, -0.05) is 0 Å². The molecule has 1 fully saturated rings. The van der Waals surface area contributed by atoms with Crippen molar-refractivity contribution in [1.82, 2.24) is 35.1 Å². The van der Waals surface area contributed by atoms with Crippen LogP contribution in [0.4, 0.5) is 17.6 Å². The van der Waals surface area contributed by atoms with Crippen molar-refractivity contribution in [3.05, 3.63) is 48.3 Å². The predicted octanol–water partition coefficient (Wildman–Crippen LogP) is 3.27. The van der Waals surface area contributed by atoms with Crippen LogP contribution < -0.4 is 10.6 Å². The Kier molecular flexibility index (Phi) is 3.70. The number of nitrogens with one attached hydrogen (secondary N) is 4. The minimum atomic E-state index is -0.0618. The Hall–Kier alpha value is -3.49. The first-order valence-electron chi connectivity index (χ1n) is 8.95. The molecular weight excluding hydrogens is 342 g/mol. The van der Waals surface area contributed by atoms with Crippen molar-refractivity contribution in [3.8, 4) is 0 Å². The van der Waals surface area contributed by atoms with E-state index < -0.39 is 0 Å². The van der Waals surface area contributed by atoms with E-state index in [4.69, 9.17) is 0 Å². The first kappa shape index (κ1) is 15.7. The molecule has 0 unspecified atom stereocenters. The molecule has 4 aromatic heterocycles. The van der Waals surface area contributed by atoms with Crippen molar-refractivity contribution >= 4 is 28.6 Å². The van der Waals surface area contributed by atoms with Crippen LogP contribution in [0.2, 0.25) is 0 Å². The summed E-state index contributed by atoms with van der Waals surface area (Å²) in [4.78, 5) is 20.6. The summed E-state index contributed by atoms with van der Waals surface area (Å²) in [7, 11) is 0. The summed E-state index contributed by atoms with van der Waals surface area (Å²) in [5.74, 6) is 2.61. The zero-order valence-corrected chi connectivity index (χ0v) is 14.8. The van der Waals surface area contributed by atoms with Gasteiger partial charge in [-0.15, -0.1) is 0 Å². The van der Waals surface area contributed by atoms with Gasteiger partial charge in [-0.05, 0) is 31.9 Å². The molecule has 0 saturated heterocycles. The molecule has 4 heterocycles. The van der Waals surface area contributed by atoms with E-state index in [1.807, 2.05) is 25.1 Å². The number of hydrogen-bond donors (Lipinski definition) is 4. The highest BCUT2D eigenvalue weighted by Gasteiger charge is 2.25. The number of pyridine rings is 1. The minimum absolute atomic E-state index is 0.0618. The van der Waals surface area contributed by atoms with Crippen LogP contribution in [0.1, 0.15) is 43.1 Å². The van der Waals surface area contributed by atoms with E-state index in [9.17, 15) is 0 Å². The quantitative estimate of drug-likeness (QED) is 0.416. The van der Waals surface area contributed by atoms with Gasteiger partial charge in [0.1, 0.15) is 5.82 Å². The fourth-order valence-corrected chi connectivity index (χ4v) is 2.99. The van der Waals surface area contributed by atoms with Gasteiger partial charge in [-0.3, -0.25) is 10.1 Å². The number of nitrogens with zero attached hydrogens (tertiary/aromatic N) is 5. The topological polar surface area (TPSA) is 120 Å². The number of aromatic amines is 2. The van der Waals surface area contributed by atoms with E-state index in [0.29, 0.717) is 17.7 Å². The second kappa shape index (κ2) is 6.35. The van der Waals surface area contributed by atoms with Gasteiger partial charge in [0.15, 0.2) is 5.82 Å². The lowest BCUT2D eigenvalue weighted by Crippen LogP contribution is -2.11. The monoisotopic (exact) mass is 361 g/mol. The third-order valence-electron chi connectivity index (χ3n) is 4.64. The minimum Gasteiger partial charge on any atom is -0.346 e. The Morgan fingerprint density at radius 1 is 1.15 bits per heavy atom. The molecular formula is C18H19N9. The third kappa shape index (κ3) is 3.31. The van der Waals surface area contributed by atoms with Crippen LogP contribution >= 0.6 is 0 Å². The maximum absolute atomic E-state index is 4.52. The molecule has 1 aliphatic carbocycles. The summed E-state index contributed by atoms with van der Waals surface area (Å²) in [6.45, 7) is 2.01. The largest absolute Gasteiger partial charge is 0.346 e. The van der Waals surface area contributed by atoms with Gasteiger partial charge < -0.3 is 15.6 Å². The molecule has 0 spiro atoms. The third-order valence-corrected chi connectivity index (χ3v) is 4.64. The number of rotatable bonds is 6. The van der Waals surface area contributed by atoms with Gasteiger partial charge in [0.25, 0.3) is 0 Å². The van der Waals surface area contributed by atoms with Crippen LogP contribution in [0.15, 0.2) is 36.9 Å². The smallest absolute Gasteiger partial charge is 0.225 e. The molecule has 5 rings (SSSR count). The molecule has 0 aliphatic heterocycles. The predicted molar refractivity (Wildman–Crippen MR) is 102 cm³/mol. The standard InChI is InChI=1S/C18H19N9/c1-10(12-6-14-15(8-20-12)22-9-21-14)23-18-19-5-4-16(25-18)24-17-7-13(26-27-17)11-2-3-11/h4-11H,2-3H2,1H3,(H,21,22)(H3,19,23,24,25,26,27)/t10-/m0/s1. The van der Waals surface area contributed by atoms with Gasteiger partial charge in [0.05, 0.1) is 35.3 Å². The Bertz CT molecular complexity index is 1080. The molecule has 0 radical (unpaired) electrons. The van der Waals surface area contributed by atoms with Gasteiger partial charge in [0.2, 0.25) is 5.95 Å². The van der Waals surface area contributed by atoms with Crippen LogP contribution in [-0.2, 0) is 0 Å². The second-order valence-electron chi connectivity index (χ2n) is 6.77. The average molecular weight is 361 g/mol. The van der Waals surface area contributed by atoms with Crippen molar-refractivity contribution in [2.24, 2.45) is 0 Å². The van der Waals surface area contributed by atoms with Gasteiger partial charge in [-0.2, -0.15) is 10.1 Å². The Labute approximate surface area is 155 Å². The number of H-pyrrole nitrogens is 2. The van der Waals surface area contributed by atoms with Crippen molar-refractivity contribution < 1.29 is 0 Å². The molecule has 9 nitrogen and oxygen atoms in total. The van der Waals surface area contributed by atoms with Crippen LogP contribution in [-0.4, -0.2) is 35.1 Å². The number of imidazole rings is 1. The van der Waals surface area contributed by atoms with Crippen LogP contribution in [0, 0.1) is 0 Å². The van der Waals surface area contributed by atoms with E-state index in [0.717, 1.165) is 22.5 Å². The van der Waals surface area contributed by atoms with E-state index >= 15 is 0 Å². The highest BCUT2D eigenvalue weighted by atomic mass is 15.2. The molecule has 136 valence electrons. The van der Waals surface area contributed by atoms with Crippen molar-refractivity contribution in [1.29, 1.82) is 0 Å². The summed E-state index contributed by atoms with van der Waals surface area (Å²) in [5.41, 5.74) is 3.85. The van der Waals surface area contributed by atoms with Gasteiger partial charge >= 0.3 is 0 Å². The molecule has 1 aliphatic rings. The van der Waals surface area contributed by atoms with Gasteiger partial charge in [-0.25, -0.2) is 9.97 Å². The van der Waals surface area contributed by atoms with E-state index in [2.05, 4.69) is 45.8 Å². The maximum Gasteiger partial charge on any atom is 0.225 e. The average Bonchev–Trinajstić information content (AvgIpc) is 3.23. The Balaban J connectivity index is 1.30. The van der Waals surface area contributed by atoms with E-state index in [-0.39, 0.29) is 6.04 Å². The zero-order chi connectivity index (χ0) is 18.2. The molecule has 4 aromatic rings. The molecule has 9 heteroatoms. The van der Waals surface area contributed by atoms with Crippen molar-refractivity contribution in [2.75, 3.05) is 10.6 Å². The number of anilines is 3. The number of hydrogen-bond acceptors (Lipinski definition) is 7. The molecule has 1 atom stereocenters. The second-order valence-corrected chi connectivity index (χ2v) is 6.77.